The number of hydrogen-bond donors (Lipinski definition) is 1. The van der Waals surface area contributed by atoms with Crippen LogP contribution < -0.4 is 5.73 Å². The van der Waals surface area contributed by atoms with Crippen molar-refractivity contribution in [3.05, 3.63) is 20.8 Å². The molecule has 1 fully saturated rings. The molecule has 0 atom stereocenters. The summed E-state index contributed by atoms with van der Waals surface area (Å²) < 4.78 is 6.26. The normalized spacial score (nSPS) is 17.3. The lowest BCUT2D eigenvalue weighted by Crippen LogP contribution is -2.58. The van der Waals surface area contributed by atoms with Crippen LogP contribution in [0.15, 0.2) is 15.9 Å². The van der Waals surface area contributed by atoms with Gasteiger partial charge in [-0.25, -0.2) is 0 Å². The molecule has 1 saturated heterocycles. The third kappa shape index (κ3) is 2.77. The first kappa shape index (κ1) is 14.0. The van der Waals surface area contributed by atoms with Crippen molar-refractivity contribution >= 4 is 33.2 Å². The van der Waals surface area contributed by atoms with Gasteiger partial charge in [-0.05, 0) is 34.5 Å². The van der Waals surface area contributed by atoms with Gasteiger partial charge in [-0.2, -0.15) is 0 Å². The molecule has 0 unspecified atom stereocenters. The molecule has 6 heteroatoms. The lowest BCUT2D eigenvalue weighted by atomic mass is 9.84. The van der Waals surface area contributed by atoms with Crippen molar-refractivity contribution in [2.45, 2.75) is 6.42 Å². The largest absolute Gasteiger partial charge is 0.379 e. The summed E-state index contributed by atoms with van der Waals surface area (Å²) in [6, 6.07) is 4.11. The Morgan fingerprint density at radius 3 is 2.78 bits per heavy atom. The number of carbonyl (C=O) groups excluding carboxylic acids is 1. The summed E-state index contributed by atoms with van der Waals surface area (Å²) in [6.07, 6.45) is 0.875. The number of hydrogen-bond acceptors (Lipinski definition) is 4. The van der Waals surface area contributed by atoms with Gasteiger partial charge in [-0.3, -0.25) is 4.79 Å². The molecule has 2 N–H and O–H groups in total. The zero-order chi connectivity index (χ0) is 13.2. The molecule has 4 nitrogen and oxygen atoms in total. The summed E-state index contributed by atoms with van der Waals surface area (Å²) in [5, 5.41) is 0. The number of rotatable bonds is 5. The van der Waals surface area contributed by atoms with Crippen LogP contribution in [0.1, 0.15) is 4.88 Å². The summed E-state index contributed by atoms with van der Waals surface area (Å²) in [6.45, 7) is 1.99. The standard InChI is InChI=1S/C12H17BrN2O2S/c1-15(5-4-9-2-3-10(13)18-9)11(16)12(6-14)7-17-8-12/h2-3H,4-8,14H2,1H3. The smallest absolute Gasteiger partial charge is 0.234 e. The van der Waals surface area contributed by atoms with E-state index in [1.165, 1.54) is 4.88 Å². The number of carbonyl (C=O) groups is 1. The predicted octanol–water partition coefficient (Wildman–Crippen LogP) is 1.49. The first-order valence-corrected chi connectivity index (χ1v) is 7.46. The van der Waals surface area contributed by atoms with Crippen LogP contribution in [-0.4, -0.2) is 44.2 Å². The van der Waals surface area contributed by atoms with Crippen LogP contribution in [0, 0.1) is 5.41 Å². The van der Waals surface area contributed by atoms with Crippen molar-refractivity contribution in [3.8, 4) is 0 Å². The van der Waals surface area contributed by atoms with Gasteiger partial charge in [0.25, 0.3) is 0 Å². The van der Waals surface area contributed by atoms with Crippen LogP contribution in [0.25, 0.3) is 0 Å². The average molecular weight is 333 g/mol. The quantitative estimate of drug-likeness (QED) is 0.888. The number of likely N-dealkylation sites (N-methyl/N-ethyl adjacent to an activating group) is 1. The van der Waals surface area contributed by atoms with Gasteiger partial charge in [-0.1, -0.05) is 0 Å². The highest BCUT2D eigenvalue weighted by Gasteiger charge is 2.46. The highest BCUT2D eigenvalue weighted by molar-refractivity contribution is 9.11. The zero-order valence-corrected chi connectivity index (χ0v) is 12.7. The van der Waals surface area contributed by atoms with E-state index in [-0.39, 0.29) is 5.91 Å². The van der Waals surface area contributed by atoms with E-state index in [1.807, 2.05) is 13.1 Å². The van der Waals surface area contributed by atoms with Gasteiger partial charge in [-0.15, -0.1) is 11.3 Å². The molecule has 2 heterocycles. The fourth-order valence-electron chi connectivity index (χ4n) is 1.95. The van der Waals surface area contributed by atoms with Crippen LogP contribution in [0.4, 0.5) is 0 Å². The Labute approximate surface area is 119 Å². The molecule has 0 aromatic carbocycles. The summed E-state index contributed by atoms with van der Waals surface area (Å²) in [5.41, 5.74) is 5.22. The molecule has 100 valence electrons. The monoisotopic (exact) mass is 332 g/mol. The number of halogens is 1. The lowest BCUT2D eigenvalue weighted by molar-refractivity contribution is -0.169. The van der Waals surface area contributed by atoms with Crippen LogP contribution in [0.3, 0.4) is 0 Å². The maximum atomic E-state index is 12.3. The summed E-state index contributed by atoms with van der Waals surface area (Å²) >= 11 is 5.14. The Kier molecular flexibility index (Phi) is 4.42. The van der Waals surface area contributed by atoms with Crippen LogP contribution in [0.2, 0.25) is 0 Å². The van der Waals surface area contributed by atoms with Crippen molar-refractivity contribution < 1.29 is 9.53 Å². The molecule has 1 aromatic rings. The molecule has 0 spiro atoms. The topological polar surface area (TPSA) is 55.6 Å². The van der Waals surface area contributed by atoms with Crippen LogP contribution in [-0.2, 0) is 16.0 Å². The Morgan fingerprint density at radius 1 is 1.61 bits per heavy atom. The fourth-order valence-corrected chi connectivity index (χ4v) is 3.42. The minimum Gasteiger partial charge on any atom is -0.379 e. The summed E-state index contributed by atoms with van der Waals surface area (Å²) in [4.78, 5) is 15.3. The number of nitrogens with zero attached hydrogens (tertiary/aromatic N) is 1. The lowest BCUT2D eigenvalue weighted by Gasteiger charge is -2.41. The first-order valence-electron chi connectivity index (χ1n) is 5.85. The SMILES string of the molecule is CN(CCc1ccc(Br)s1)C(=O)C1(CN)COC1. The van der Waals surface area contributed by atoms with Crippen LogP contribution in [0.5, 0.6) is 0 Å². The Balaban J connectivity index is 1.87. The Morgan fingerprint density at radius 2 is 2.33 bits per heavy atom. The Hall–Kier alpha value is -0.430. The van der Waals surface area contributed by atoms with Gasteiger partial charge < -0.3 is 15.4 Å². The molecule has 2 rings (SSSR count). The maximum absolute atomic E-state index is 12.3. The first-order chi connectivity index (χ1) is 8.57. The second kappa shape index (κ2) is 5.69. The van der Waals surface area contributed by atoms with E-state index in [1.54, 1.807) is 16.2 Å². The number of amides is 1. The minimum atomic E-state index is -0.467. The third-order valence-electron chi connectivity index (χ3n) is 3.27. The number of ether oxygens (including phenoxy) is 1. The van der Waals surface area contributed by atoms with Crippen molar-refractivity contribution in [2.24, 2.45) is 11.1 Å². The second-order valence-corrected chi connectivity index (χ2v) is 7.21. The van der Waals surface area contributed by atoms with Crippen LogP contribution >= 0.6 is 27.3 Å². The van der Waals surface area contributed by atoms with E-state index in [0.29, 0.717) is 26.3 Å². The van der Waals surface area contributed by atoms with Crippen molar-refractivity contribution in [2.75, 3.05) is 33.4 Å². The molecule has 0 bridgehead atoms. The Bertz CT molecular complexity index is 426. The average Bonchev–Trinajstić information content (AvgIpc) is 2.71. The molecule has 1 aliphatic rings. The molecular weight excluding hydrogens is 316 g/mol. The molecule has 18 heavy (non-hydrogen) atoms. The molecule has 0 radical (unpaired) electrons. The van der Waals surface area contributed by atoms with E-state index in [2.05, 4.69) is 22.0 Å². The van der Waals surface area contributed by atoms with E-state index in [9.17, 15) is 4.79 Å². The second-order valence-electron chi connectivity index (χ2n) is 4.66. The van der Waals surface area contributed by atoms with E-state index < -0.39 is 5.41 Å². The van der Waals surface area contributed by atoms with Crippen molar-refractivity contribution in [3.63, 3.8) is 0 Å². The maximum Gasteiger partial charge on any atom is 0.234 e. The molecular formula is C12H17BrN2O2S. The highest BCUT2D eigenvalue weighted by atomic mass is 79.9. The molecule has 1 aromatic heterocycles. The van der Waals surface area contributed by atoms with Gasteiger partial charge >= 0.3 is 0 Å². The summed E-state index contributed by atoms with van der Waals surface area (Å²) in [7, 11) is 1.83. The zero-order valence-electron chi connectivity index (χ0n) is 10.3. The van der Waals surface area contributed by atoms with Crippen molar-refractivity contribution in [1.82, 2.24) is 4.90 Å². The molecule has 1 aliphatic heterocycles. The van der Waals surface area contributed by atoms with Crippen molar-refractivity contribution in [1.29, 1.82) is 0 Å². The predicted molar refractivity (Wildman–Crippen MR) is 75.7 cm³/mol. The molecule has 0 aliphatic carbocycles. The summed E-state index contributed by atoms with van der Waals surface area (Å²) in [5.74, 6) is 0.104. The minimum absolute atomic E-state index is 0.104. The van der Waals surface area contributed by atoms with E-state index >= 15 is 0 Å². The van der Waals surface area contributed by atoms with Gasteiger partial charge in [0.15, 0.2) is 0 Å². The van der Waals surface area contributed by atoms with Gasteiger partial charge in [0.05, 0.1) is 17.0 Å². The van der Waals surface area contributed by atoms with Gasteiger partial charge in [0.1, 0.15) is 5.41 Å². The van der Waals surface area contributed by atoms with Gasteiger partial charge in [0.2, 0.25) is 5.91 Å². The molecule has 1 amide bonds. The third-order valence-corrected chi connectivity index (χ3v) is 4.95. The van der Waals surface area contributed by atoms with E-state index in [4.69, 9.17) is 10.5 Å². The van der Waals surface area contributed by atoms with E-state index in [0.717, 1.165) is 10.2 Å². The highest BCUT2D eigenvalue weighted by Crippen LogP contribution is 2.28. The van der Waals surface area contributed by atoms with Gasteiger partial charge in [0, 0.05) is 25.0 Å². The number of nitrogens with two attached hydrogens (primary N) is 1. The fraction of sp³-hybridized carbons (Fsp3) is 0.583. The molecule has 0 saturated carbocycles. The number of thiophene rings is 1.